The largest absolute Gasteiger partial charge is 0.365 e. The number of fused-ring (bicyclic) bond motifs is 1. The van der Waals surface area contributed by atoms with Crippen LogP contribution in [0.15, 0.2) is 43.0 Å². The monoisotopic (exact) mass is 281 g/mol. The molecular formula is C16H19N5. The number of hydrogen-bond donors (Lipinski definition) is 1. The number of rotatable bonds is 3. The van der Waals surface area contributed by atoms with Crippen LogP contribution in [0.1, 0.15) is 26.3 Å². The normalized spacial score (nSPS) is 11.8. The van der Waals surface area contributed by atoms with Gasteiger partial charge in [0, 0.05) is 23.7 Å². The molecule has 0 aliphatic carbocycles. The summed E-state index contributed by atoms with van der Waals surface area (Å²) in [5, 5.41) is 8.80. The van der Waals surface area contributed by atoms with Gasteiger partial charge < -0.3 is 5.32 Å². The minimum absolute atomic E-state index is 0.000135. The Morgan fingerprint density at radius 2 is 1.95 bits per heavy atom. The van der Waals surface area contributed by atoms with Gasteiger partial charge in [0.1, 0.15) is 12.1 Å². The fourth-order valence-corrected chi connectivity index (χ4v) is 2.15. The van der Waals surface area contributed by atoms with Gasteiger partial charge in [-0.1, -0.05) is 12.1 Å². The summed E-state index contributed by atoms with van der Waals surface area (Å²) in [6.07, 6.45) is 5.54. The summed E-state index contributed by atoms with van der Waals surface area (Å²) in [5.74, 6) is 0.851. The van der Waals surface area contributed by atoms with Crippen LogP contribution in [0.5, 0.6) is 0 Å². The molecule has 0 aliphatic rings. The Bertz CT molecular complexity index is 749. The zero-order valence-electron chi connectivity index (χ0n) is 12.5. The molecule has 108 valence electrons. The van der Waals surface area contributed by atoms with Gasteiger partial charge in [0.05, 0.1) is 17.3 Å². The maximum absolute atomic E-state index is 4.41. The molecule has 21 heavy (non-hydrogen) atoms. The number of aromatic nitrogens is 4. The Morgan fingerprint density at radius 3 is 2.71 bits per heavy atom. The molecule has 5 nitrogen and oxygen atoms in total. The highest BCUT2D eigenvalue weighted by atomic mass is 15.3. The number of nitrogens with one attached hydrogen (secondary N) is 1. The highest BCUT2D eigenvalue weighted by Gasteiger charge is 2.13. The Labute approximate surface area is 124 Å². The topological polar surface area (TPSA) is 55.6 Å². The van der Waals surface area contributed by atoms with Crippen LogP contribution < -0.4 is 5.32 Å². The SMILES string of the molecule is CC(C)(C)n1cc(CNc2ncnc3ccccc23)cn1. The van der Waals surface area contributed by atoms with Crippen molar-refractivity contribution in [2.75, 3.05) is 5.32 Å². The average molecular weight is 281 g/mol. The van der Waals surface area contributed by atoms with Gasteiger partial charge in [0.15, 0.2) is 0 Å². The lowest BCUT2D eigenvalue weighted by Crippen LogP contribution is -2.22. The molecule has 0 saturated carbocycles. The maximum atomic E-state index is 4.41. The van der Waals surface area contributed by atoms with Crippen LogP contribution in [-0.4, -0.2) is 19.7 Å². The summed E-state index contributed by atoms with van der Waals surface area (Å²) >= 11 is 0. The second-order valence-corrected chi connectivity index (χ2v) is 6.06. The van der Waals surface area contributed by atoms with Crippen LogP contribution in [-0.2, 0) is 12.1 Å². The summed E-state index contributed by atoms with van der Waals surface area (Å²) < 4.78 is 1.97. The molecule has 1 aromatic carbocycles. The first-order chi connectivity index (χ1) is 10.0. The van der Waals surface area contributed by atoms with Crippen molar-refractivity contribution in [3.63, 3.8) is 0 Å². The van der Waals surface area contributed by atoms with Gasteiger partial charge >= 0.3 is 0 Å². The molecule has 0 radical (unpaired) electrons. The molecule has 0 atom stereocenters. The Kier molecular flexibility index (Phi) is 3.33. The summed E-state index contributed by atoms with van der Waals surface area (Å²) in [7, 11) is 0. The van der Waals surface area contributed by atoms with Gasteiger partial charge in [-0.15, -0.1) is 0 Å². The van der Waals surface area contributed by atoms with E-state index in [1.165, 1.54) is 0 Å². The first-order valence-electron chi connectivity index (χ1n) is 7.02. The van der Waals surface area contributed by atoms with E-state index < -0.39 is 0 Å². The van der Waals surface area contributed by atoms with Crippen LogP contribution >= 0.6 is 0 Å². The van der Waals surface area contributed by atoms with Crippen LogP contribution in [0, 0.1) is 0 Å². The van der Waals surface area contributed by atoms with E-state index in [1.807, 2.05) is 35.1 Å². The summed E-state index contributed by atoms with van der Waals surface area (Å²) in [4.78, 5) is 8.59. The predicted octanol–water partition coefficient (Wildman–Crippen LogP) is 3.19. The van der Waals surface area contributed by atoms with E-state index in [0.717, 1.165) is 22.3 Å². The number of para-hydroxylation sites is 1. The van der Waals surface area contributed by atoms with Crippen molar-refractivity contribution in [1.82, 2.24) is 19.7 Å². The lowest BCUT2D eigenvalue weighted by Gasteiger charge is -2.18. The van der Waals surface area contributed by atoms with E-state index in [2.05, 4.69) is 47.4 Å². The van der Waals surface area contributed by atoms with Crippen molar-refractivity contribution in [2.24, 2.45) is 0 Å². The molecule has 0 amide bonds. The highest BCUT2D eigenvalue weighted by molar-refractivity contribution is 5.88. The lowest BCUT2D eigenvalue weighted by molar-refractivity contribution is 0.355. The average Bonchev–Trinajstić information content (AvgIpc) is 2.94. The second-order valence-electron chi connectivity index (χ2n) is 6.06. The first kappa shape index (κ1) is 13.5. The molecule has 0 bridgehead atoms. The smallest absolute Gasteiger partial charge is 0.137 e. The van der Waals surface area contributed by atoms with E-state index in [1.54, 1.807) is 6.33 Å². The molecule has 0 spiro atoms. The van der Waals surface area contributed by atoms with E-state index in [-0.39, 0.29) is 5.54 Å². The molecule has 0 saturated heterocycles. The second kappa shape index (κ2) is 5.16. The molecule has 5 heteroatoms. The first-order valence-corrected chi connectivity index (χ1v) is 7.02. The van der Waals surface area contributed by atoms with Crippen molar-refractivity contribution in [3.8, 4) is 0 Å². The van der Waals surface area contributed by atoms with Crippen LogP contribution in [0.25, 0.3) is 10.9 Å². The van der Waals surface area contributed by atoms with Crippen LogP contribution in [0.2, 0.25) is 0 Å². The zero-order valence-corrected chi connectivity index (χ0v) is 12.5. The fraction of sp³-hybridized carbons (Fsp3) is 0.312. The Morgan fingerprint density at radius 1 is 1.14 bits per heavy atom. The third-order valence-electron chi connectivity index (χ3n) is 3.33. The number of benzene rings is 1. The van der Waals surface area contributed by atoms with Gasteiger partial charge in [-0.25, -0.2) is 9.97 Å². The van der Waals surface area contributed by atoms with Crippen molar-refractivity contribution in [3.05, 3.63) is 48.5 Å². The van der Waals surface area contributed by atoms with E-state index in [4.69, 9.17) is 0 Å². The molecule has 3 aromatic rings. The summed E-state index contributed by atoms with van der Waals surface area (Å²) in [5.41, 5.74) is 2.08. The molecule has 2 heterocycles. The minimum Gasteiger partial charge on any atom is -0.365 e. The van der Waals surface area contributed by atoms with Crippen LogP contribution in [0.3, 0.4) is 0 Å². The molecule has 0 aliphatic heterocycles. The fourth-order valence-electron chi connectivity index (χ4n) is 2.15. The molecule has 2 aromatic heterocycles. The zero-order chi connectivity index (χ0) is 14.9. The molecule has 0 unspecified atom stereocenters. The standard InChI is InChI=1S/C16H19N5/c1-16(2,3)21-10-12(9-20-21)8-17-15-13-6-4-5-7-14(13)18-11-19-15/h4-7,9-11H,8H2,1-3H3,(H,17,18,19). The Hall–Kier alpha value is -2.43. The lowest BCUT2D eigenvalue weighted by atomic mass is 10.1. The van der Waals surface area contributed by atoms with Gasteiger partial charge in [-0.05, 0) is 32.9 Å². The predicted molar refractivity (Wildman–Crippen MR) is 84.1 cm³/mol. The molecule has 0 fully saturated rings. The highest BCUT2D eigenvalue weighted by Crippen LogP contribution is 2.19. The van der Waals surface area contributed by atoms with Gasteiger partial charge in [0.25, 0.3) is 0 Å². The summed E-state index contributed by atoms with van der Waals surface area (Å²) in [6.45, 7) is 7.09. The third-order valence-corrected chi connectivity index (χ3v) is 3.33. The van der Waals surface area contributed by atoms with Crippen molar-refractivity contribution >= 4 is 16.7 Å². The van der Waals surface area contributed by atoms with Crippen LogP contribution in [0.4, 0.5) is 5.82 Å². The van der Waals surface area contributed by atoms with Crippen molar-refractivity contribution < 1.29 is 0 Å². The van der Waals surface area contributed by atoms with Gasteiger partial charge in [-0.2, -0.15) is 5.10 Å². The minimum atomic E-state index is -0.000135. The quantitative estimate of drug-likeness (QED) is 0.801. The molecule has 1 N–H and O–H groups in total. The summed E-state index contributed by atoms with van der Waals surface area (Å²) in [6, 6.07) is 7.98. The number of nitrogens with zero attached hydrogens (tertiary/aromatic N) is 4. The Balaban J connectivity index is 1.79. The van der Waals surface area contributed by atoms with Gasteiger partial charge in [0.2, 0.25) is 0 Å². The van der Waals surface area contributed by atoms with E-state index in [0.29, 0.717) is 6.54 Å². The van der Waals surface area contributed by atoms with Gasteiger partial charge in [-0.3, -0.25) is 4.68 Å². The van der Waals surface area contributed by atoms with Crippen molar-refractivity contribution in [1.29, 1.82) is 0 Å². The maximum Gasteiger partial charge on any atom is 0.137 e. The van der Waals surface area contributed by atoms with Crippen molar-refractivity contribution in [2.45, 2.75) is 32.9 Å². The third kappa shape index (κ3) is 2.86. The number of hydrogen-bond acceptors (Lipinski definition) is 4. The number of anilines is 1. The molecular weight excluding hydrogens is 262 g/mol. The van der Waals surface area contributed by atoms with E-state index >= 15 is 0 Å². The molecule has 3 rings (SSSR count). The van der Waals surface area contributed by atoms with E-state index in [9.17, 15) is 0 Å².